The van der Waals surface area contributed by atoms with Crippen molar-refractivity contribution < 1.29 is 17.9 Å². The van der Waals surface area contributed by atoms with Crippen molar-refractivity contribution in [3.8, 4) is 11.8 Å². The number of nitriles is 1. The fourth-order valence-electron chi connectivity index (χ4n) is 0.847. The van der Waals surface area contributed by atoms with Crippen molar-refractivity contribution >= 4 is 11.6 Å². The van der Waals surface area contributed by atoms with Gasteiger partial charge >= 0.3 is 6.36 Å². The van der Waals surface area contributed by atoms with E-state index in [0.717, 1.165) is 12.3 Å². The Hall–Kier alpha value is -1.48. The van der Waals surface area contributed by atoms with Gasteiger partial charge in [-0.2, -0.15) is 5.26 Å². The summed E-state index contributed by atoms with van der Waals surface area (Å²) in [5.41, 5.74) is -0.0869. The second-order valence-electron chi connectivity index (χ2n) is 2.46. The summed E-state index contributed by atoms with van der Waals surface area (Å²) in [5, 5.41) is 8.46. The molecule has 1 heterocycles. The Morgan fingerprint density at radius 2 is 2.20 bits per heavy atom. The molecule has 0 amide bonds. The number of hydrogen-bond donors (Lipinski definition) is 0. The zero-order valence-electron chi connectivity index (χ0n) is 7.18. The van der Waals surface area contributed by atoms with Gasteiger partial charge in [-0.15, -0.1) is 24.8 Å². The smallest absolute Gasteiger partial charge is 0.404 e. The van der Waals surface area contributed by atoms with Gasteiger partial charge in [-0.3, -0.25) is 4.98 Å². The van der Waals surface area contributed by atoms with E-state index in [0.29, 0.717) is 0 Å². The number of hydrogen-bond acceptors (Lipinski definition) is 3. The van der Waals surface area contributed by atoms with E-state index in [1.54, 1.807) is 6.07 Å². The molecule has 3 nitrogen and oxygen atoms in total. The molecule has 1 rings (SSSR count). The highest BCUT2D eigenvalue weighted by Gasteiger charge is 2.32. The maximum Gasteiger partial charge on any atom is 0.573 e. The normalized spacial score (nSPS) is 10.9. The molecule has 0 aliphatic heterocycles. The molecule has 0 radical (unpaired) electrons. The van der Waals surface area contributed by atoms with Crippen LogP contribution in [0.4, 0.5) is 13.2 Å². The molecule has 0 spiro atoms. The summed E-state index contributed by atoms with van der Waals surface area (Å²) in [4.78, 5) is 3.57. The van der Waals surface area contributed by atoms with Crippen molar-refractivity contribution in [1.82, 2.24) is 4.98 Å². The van der Waals surface area contributed by atoms with Gasteiger partial charge in [0.15, 0.2) is 5.75 Å². The Morgan fingerprint density at radius 3 is 2.67 bits per heavy atom. The Balaban J connectivity index is 3.08. The second-order valence-corrected chi connectivity index (χ2v) is 2.73. The van der Waals surface area contributed by atoms with E-state index in [1.807, 2.05) is 0 Å². The Morgan fingerprint density at radius 1 is 1.53 bits per heavy atom. The average Bonchev–Trinajstić information content (AvgIpc) is 2.15. The monoisotopic (exact) mass is 236 g/mol. The van der Waals surface area contributed by atoms with E-state index in [9.17, 15) is 13.2 Å². The van der Waals surface area contributed by atoms with Gasteiger partial charge < -0.3 is 4.74 Å². The number of halogens is 4. The average molecular weight is 237 g/mol. The lowest BCUT2D eigenvalue weighted by Gasteiger charge is -2.11. The summed E-state index contributed by atoms with van der Waals surface area (Å²) < 4.78 is 39.4. The Kier molecular flexibility index (Phi) is 3.37. The van der Waals surface area contributed by atoms with Crippen LogP contribution >= 0.6 is 11.6 Å². The molecule has 0 saturated carbocycles. The van der Waals surface area contributed by atoms with Crippen LogP contribution in [0.15, 0.2) is 12.3 Å². The van der Waals surface area contributed by atoms with Crippen LogP contribution in [0.3, 0.4) is 0 Å². The van der Waals surface area contributed by atoms with Crippen LogP contribution in [0, 0.1) is 11.3 Å². The summed E-state index contributed by atoms with van der Waals surface area (Å²) in [6.07, 6.45) is -3.70. The van der Waals surface area contributed by atoms with Gasteiger partial charge in [-0.25, -0.2) is 0 Å². The lowest BCUT2D eigenvalue weighted by atomic mass is 10.2. The minimum atomic E-state index is -4.82. The molecule has 1 aromatic rings. The highest BCUT2D eigenvalue weighted by atomic mass is 35.5. The summed E-state index contributed by atoms with van der Waals surface area (Å²) >= 11 is 5.36. The molecule has 15 heavy (non-hydrogen) atoms. The standard InChI is InChI=1S/C8H4ClF3N2O/c9-2-6-7(15-8(10,11)12)1-5(3-13)4-14-6/h1,4H,2H2. The van der Waals surface area contributed by atoms with E-state index in [1.165, 1.54) is 0 Å². The number of pyridine rings is 1. The predicted molar refractivity (Wildman–Crippen MR) is 45.2 cm³/mol. The van der Waals surface area contributed by atoms with Gasteiger partial charge in [0, 0.05) is 12.3 Å². The topological polar surface area (TPSA) is 45.9 Å². The lowest BCUT2D eigenvalue weighted by Crippen LogP contribution is -2.18. The number of aromatic nitrogens is 1. The molecule has 0 bridgehead atoms. The van der Waals surface area contributed by atoms with Crippen molar-refractivity contribution in [2.45, 2.75) is 12.2 Å². The molecule has 0 aromatic carbocycles. The number of nitrogens with zero attached hydrogens (tertiary/aromatic N) is 2. The Bertz CT molecular complexity index is 400. The van der Waals surface area contributed by atoms with E-state index in [-0.39, 0.29) is 17.1 Å². The first-order valence-electron chi connectivity index (χ1n) is 3.67. The van der Waals surface area contributed by atoms with Crippen LogP contribution in [0.2, 0.25) is 0 Å². The molecule has 0 aliphatic carbocycles. The molecule has 0 aliphatic rings. The van der Waals surface area contributed by atoms with Gasteiger partial charge in [0.25, 0.3) is 0 Å². The summed E-state index contributed by atoms with van der Waals surface area (Å²) in [7, 11) is 0. The largest absolute Gasteiger partial charge is 0.573 e. The predicted octanol–water partition coefficient (Wildman–Crippen LogP) is 2.59. The first kappa shape index (κ1) is 11.6. The summed E-state index contributed by atoms with van der Waals surface area (Å²) in [5.74, 6) is -0.770. The van der Waals surface area contributed by atoms with E-state index < -0.39 is 12.1 Å². The van der Waals surface area contributed by atoms with Crippen LogP contribution in [0.25, 0.3) is 0 Å². The molecule has 0 fully saturated rings. The first-order valence-corrected chi connectivity index (χ1v) is 4.20. The molecule has 80 valence electrons. The molecular weight excluding hydrogens is 233 g/mol. The molecular formula is C8H4ClF3N2O. The van der Waals surface area contributed by atoms with Crippen LogP contribution in [-0.2, 0) is 5.88 Å². The van der Waals surface area contributed by atoms with E-state index in [4.69, 9.17) is 16.9 Å². The zero-order valence-corrected chi connectivity index (χ0v) is 7.93. The summed E-state index contributed by atoms with van der Waals surface area (Å²) in [6.45, 7) is 0. The lowest BCUT2D eigenvalue weighted by molar-refractivity contribution is -0.275. The van der Waals surface area contributed by atoms with Gasteiger partial charge in [0.1, 0.15) is 6.07 Å². The van der Waals surface area contributed by atoms with Crippen LogP contribution in [0.1, 0.15) is 11.3 Å². The quantitative estimate of drug-likeness (QED) is 0.742. The maximum absolute atomic E-state index is 11.9. The van der Waals surface area contributed by atoms with E-state index in [2.05, 4.69) is 9.72 Å². The number of alkyl halides is 4. The van der Waals surface area contributed by atoms with Crippen molar-refractivity contribution in [3.05, 3.63) is 23.5 Å². The third-order valence-electron chi connectivity index (χ3n) is 1.41. The van der Waals surface area contributed by atoms with Crippen LogP contribution in [0.5, 0.6) is 5.75 Å². The molecule has 0 unspecified atom stereocenters. The molecule has 1 aromatic heterocycles. The molecule has 0 N–H and O–H groups in total. The Labute approximate surface area is 88.1 Å². The second kappa shape index (κ2) is 4.36. The minimum absolute atomic E-state index is 0.0249. The fourth-order valence-corrected chi connectivity index (χ4v) is 1.05. The van der Waals surface area contributed by atoms with Crippen LogP contribution < -0.4 is 4.74 Å². The first-order chi connectivity index (χ1) is 6.96. The molecule has 0 atom stereocenters. The van der Waals surface area contributed by atoms with E-state index >= 15 is 0 Å². The highest BCUT2D eigenvalue weighted by Crippen LogP contribution is 2.26. The zero-order chi connectivity index (χ0) is 11.5. The number of rotatable bonds is 2. The van der Waals surface area contributed by atoms with Gasteiger partial charge in [-0.1, -0.05) is 0 Å². The number of ether oxygens (including phenoxy) is 1. The van der Waals surface area contributed by atoms with Crippen molar-refractivity contribution in [3.63, 3.8) is 0 Å². The molecule has 0 saturated heterocycles. The van der Waals surface area contributed by atoms with Gasteiger partial charge in [-0.05, 0) is 0 Å². The van der Waals surface area contributed by atoms with Crippen molar-refractivity contribution in [2.24, 2.45) is 0 Å². The highest BCUT2D eigenvalue weighted by molar-refractivity contribution is 6.17. The van der Waals surface area contributed by atoms with Crippen LogP contribution in [-0.4, -0.2) is 11.3 Å². The van der Waals surface area contributed by atoms with Gasteiger partial charge in [0.05, 0.1) is 17.1 Å². The molecule has 7 heteroatoms. The minimum Gasteiger partial charge on any atom is -0.404 e. The SMILES string of the molecule is N#Cc1cnc(CCl)c(OC(F)(F)F)c1. The fraction of sp³-hybridized carbons (Fsp3) is 0.250. The van der Waals surface area contributed by atoms with Gasteiger partial charge in [0.2, 0.25) is 0 Å². The van der Waals surface area contributed by atoms with Crippen molar-refractivity contribution in [1.29, 1.82) is 5.26 Å². The third kappa shape index (κ3) is 3.29. The summed E-state index contributed by atoms with van der Waals surface area (Å²) in [6, 6.07) is 2.59. The van der Waals surface area contributed by atoms with Crippen molar-refractivity contribution in [2.75, 3.05) is 0 Å². The third-order valence-corrected chi connectivity index (χ3v) is 1.67. The maximum atomic E-state index is 11.9.